The summed E-state index contributed by atoms with van der Waals surface area (Å²) in [5, 5.41) is 0. The molecule has 0 unspecified atom stereocenters. The topological polar surface area (TPSA) is 0 Å². The molecule has 103 valence electrons. The summed E-state index contributed by atoms with van der Waals surface area (Å²) in [6, 6.07) is 0. The third-order valence-electron chi connectivity index (χ3n) is 2.89. The highest BCUT2D eigenvalue weighted by molar-refractivity contribution is 4.96. The minimum Gasteiger partial charge on any atom is -0.0885 e. The van der Waals surface area contributed by atoms with E-state index >= 15 is 0 Å². The Balaban J connectivity index is 3.20. The summed E-state index contributed by atoms with van der Waals surface area (Å²) in [6.45, 7) is 4.32. The molecule has 0 saturated heterocycles. The largest absolute Gasteiger partial charge is 0.0885 e. The first kappa shape index (κ1) is 17.2. The zero-order valence-electron chi connectivity index (χ0n) is 12.4. The molecule has 0 bridgehead atoms. The Morgan fingerprint density at radius 3 is 1.78 bits per heavy atom. The van der Waals surface area contributed by atoms with Gasteiger partial charge in [0, 0.05) is 0 Å². The Morgan fingerprint density at radius 1 is 0.611 bits per heavy atom. The van der Waals surface area contributed by atoms with Crippen molar-refractivity contribution in [2.24, 2.45) is 0 Å². The molecular weight excluding hydrogens is 216 g/mol. The van der Waals surface area contributed by atoms with Crippen LogP contribution in [0, 0.1) is 6.42 Å². The smallest absolute Gasteiger partial charge is 0.0169 e. The van der Waals surface area contributed by atoms with E-state index in [1.165, 1.54) is 38.5 Å². The predicted octanol–water partition coefficient (Wildman–Crippen LogP) is 6.41. The van der Waals surface area contributed by atoms with Crippen LogP contribution in [0.2, 0.25) is 0 Å². The molecule has 0 spiro atoms. The van der Waals surface area contributed by atoms with Crippen molar-refractivity contribution in [3.05, 3.63) is 42.9 Å². The highest BCUT2D eigenvalue weighted by Crippen LogP contribution is 2.07. The Bertz CT molecular complexity index is 220. The Hall–Kier alpha value is -0.780. The normalized spacial score (nSPS) is 12.3. The second kappa shape index (κ2) is 16.2. The lowest BCUT2D eigenvalue weighted by Gasteiger charge is -1.97. The van der Waals surface area contributed by atoms with Crippen LogP contribution in [0.1, 0.15) is 71.6 Å². The second-order valence-electron chi connectivity index (χ2n) is 4.69. The van der Waals surface area contributed by atoms with Crippen molar-refractivity contribution in [2.75, 3.05) is 0 Å². The fourth-order valence-electron chi connectivity index (χ4n) is 1.79. The number of hydrogen-bond donors (Lipinski definition) is 0. The van der Waals surface area contributed by atoms with E-state index < -0.39 is 0 Å². The van der Waals surface area contributed by atoms with E-state index in [0.717, 1.165) is 19.3 Å². The minimum absolute atomic E-state index is 1.08. The van der Waals surface area contributed by atoms with Crippen molar-refractivity contribution in [3.8, 4) is 0 Å². The van der Waals surface area contributed by atoms with Crippen LogP contribution in [0.4, 0.5) is 0 Å². The van der Waals surface area contributed by atoms with E-state index in [2.05, 4.69) is 56.7 Å². The van der Waals surface area contributed by atoms with Crippen LogP contribution in [-0.4, -0.2) is 0 Å². The summed E-state index contributed by atoms with van der Waals surface area (Å²) in [5.41, 5.74) is 0. The highest BCUT2D eigenvalue weighted by Gasteiger charge is 1.87. The van der Waals surface area contributed by atoms with Crippen molar-refractivity contribution in [1.29, 1.82) is 0 Å². The quantitative estimate of drug-likeness (QED) is 0.276. The molecule has 0 aromatic heterocycles. The van der Waals surface area contributed by atoms with E-state index in [9.17, 15) is 0 Å². The predicted molar refractivity (Wildman–Crippen MR) is 84.6 cm³/mol. The molecule has 0 aromatic carbocycles. The van der Waals surface area contributed by atoms with E-state index in [1.54, 1.807) is 0 Å². The lowest BCUT2D eigenvalue weighted by molar-refractivity contribution is 0.642. The summed E-state index contributed by atoms with van der Waals surface area (Å²) in [6.07, 6.45) is 27.2. The summed E-state index contributed by atoms with van der Waals surface area (Å²) in [4.78, 5) is 0. The van der Waals surface area contributed by atoms with Crippen molar-refractivity contribution in [3.63, 3.8) is 0 Å². The maximum atomic E-state index is 2.33. The third-order valence-corrected chi connectivity index (χ3v) is 2.89. The first-order chi connectivity index (χ1) is 8.91. The minimum atomic E-state index is 1.08. The SMILES string of the molecule is C[CH]CCCCCC/C=C\C/C=C\C/C=C\CC. The second-order valence-corrected chi connectivity index (χ2v) is 4.69. The molecule has 18 heavy (non-hydrogen) atoms. The molecule has 1 radical (unpaired) electrons. The van der Waals surface area contributed by atoms with Crippen molar-refractivity contribution in [1.82, 2.24) is 0 Å². The third kappa shape index (κ3) is 15.2. The van der Waals surface area contributed by atoms with Crippen molar-refractivity contribution in [2.45, 2.75) is 71.6 Å². The van der Waals surface area contributed by atoms with E-state index in [0.29, 0.717) is 0 Å². The Kier molecular flexibility index (Phi) is 15.5. The van der Waals surface area contributed by atoms with Crippen LogP contribution >= 0.6 is 0 Å². The molecule has 0 saturated carbocycles. The van der Waals surface area contributed by atoms with Gasteiger partial charge in [0.05, 0.1) is 0 Å². The van der Waals surface area contributed by atoms with Gasteiger partial charge in [-0.2, -0.15) is 0 Å². The Morgan fingerprint density at radius 2 is 1.17 bits per heavy atom. The molecule has 0 amide bonds. The number of rotatable bonds is 12. The molecular formula is C18H31. The van der Waals surface area contributed by atoms with Gasteiger partial charge in [0.2, 0.25) is 0 Å². The van der Waals surface area contributed by atoms with Gasteiger partial charge in [0.25, 0.3) is 0 Å². The summed E-state index contributed by atoms with van der Waals surface area (Å²) < 4.78 is 0. The van der Waals surface area contributed by atoms with Crippen LogP contribution < -0.4 is 0 Å². The highest BCUT2D eigenvalue weighted by atomic mass is 13.9. The Labute approximate surface area is 115 Å². The number of allylic oxidation sites excluding steroid dienone is 6. The standard InChI is InChI=1S/C18H31/c1-3-5-7-9-11-13-15-17-18-16-14-12-10-8-6-4-2/h3,6,8,12,14,17-18H,4-5,7,9-11,13,15-16H2,1-2H3/b8-6-,14-12-,18-17-. The molecule has 0 nitrogen and oxygen atoms in total. The van der Waals surface area contributed by atoms with Crippen LogP contribution in [-0.2, 0) is 0 Å². The van der Waals surface area contributed by atoms with Gasteiger partial charge in [0.15, 0.2) is 0 Å². The van der Waals surface area contributed by atoms with Gasteiger partial charge in [-0.05, 0) is 38.5 Å². The van der Waals surface area contributed by atoms with Crippen LogP contribution in [0.25, 0.3) is 0 Å². The fraction of sp³-hybridized carbons (Fsp3) is 0.611. The van der Waals surface area contributed by atoms with Gasteiger partial charge >= 0.3 is 0 Å². The average Bonchev–Trinajstić information content (AvgIpc) is 2.39. The summed E-state index contributed by atoms with van der Waals surface area (Å²) in [5.74, 6) is 0. The summed E-state index contributed by atoms with van der Waals surface area (Å²) in [7, 11) is 0. The number of unbranched alkanes of at least 4 members (excludes halogenated alkanes) is 6. The van der Waals surface area contributed by atoms with E-state index in [-0.39, 0.29) is 0 Å². The maximum Gasteiger partial charge on any atom is -0.0169 e. The number of hydrogen-bond acceptors (Lipinski definition) is 0. The fourth-order valence-corrected chi connectivity index (χ4v) is 1.79. The first-order valence-corrected chi connectivity index (χ1v) is 7.64. The van der Waals surface area contributed by atoms with Crippen LogP contribution in [0.15, 0.2) is 36.5 Å². The van der Waals surface area contributed by atoms with Gasteiger partial charge in [-0.3, -0.25) is 0 Å². The monoisotopic (exact) mass is 247 g/mol. The molecule has 0 atom stereocenters. The van der Waals surface area contributed by atoms with Crippen LogP contribution in [0.5, 0.6) is 0 Å². The van der Waals surface area contributed by atoms with Crippen LogP contribution in [0.3, 0.4) is 0 Å². The molecule has 0 rings (SSSR count). The summed E-state index contributed by atoms with van der Waals surface area (Å²) >= 11 is 0. The van der Waals surface area contributed by atoms with Gasteiger partial charge in [0.1, 0.15) is 0 Å². The molecule has 0 heterocycles. The first-order valence-electron chi connectivity index (χ1n) is 7.64. The molecule has 0 heteroatoms. The van der Waals surface area contributed by atoms with E-state index in [1.807, 2.05) is 0 Å². The van der Waals surface area contributed by atoms with Gasteiger partial charge < -0.3 is 0 Å². The average molecular weight is 247 g/mol. The molecule has 0 aliphatic carbocycles. The van der Waals surface area contributed by atoms with Crippen molar-refractivity contribution < 1.29 is 0 Å². The van der Waals surface area contributed by atoms with Gasteiger partial charge in [-0.15, -0.1) is 0 Å². The molecule has 0 aromatic rings. The van der Waals surface area contributed by atoms with E-state index in [4.69, 9.17) is 0 Å². The van der Waals surface area contributed by atoms with Crippen molar-refractivity contribution >= 4 is 0 Å². The molecule has 0 aliphatic heterocycles. The maximum absolute atomic E-state index is 2.33. The lowest BCUT2D eigenvalue weighted by atomic mass is 10.1. The lowest BCUT2D eigenvalue weighted by Crippen LogP contribution is -1.77. The zero-order chi connectivity index (χ0) is 13.3. The molecule has 0 aliphatic rings. The van der Waals surface area contributed by atoms with Gasteiger partial charge in [-0.25, -0.2) is 0 Å². The molecule has 0 N–H and O–H groups in total. The van der Waals surface area contributed by atoms with Gasteiger partial charge in [-0.1, -0.05) is 76.0 Å². The molecule has 0 fully saturated rings. The zero-order valence-corrected chi connectivity index (χ0v) is 12.4.